The third kappa shape index (κ3) is 6.05. The number of hydrogen-bond donors (Lipinski definition) is 1. The predicted molar refractivity (Wildman–Crippen MR) is 122 cm³/mol. The lowest BCUT2D eigenvalue weighted by atomic mass is 10.0. The first-order chi connectivity index (χ1) is 14.7. The Bertz CT molecular complexity index is 1040. The van der Waals surface area contributed by atoms with Crippen molar-refractivity contribution in [3.05, 3.63) is 68.8 Å². The quantitative estimate of drug-likeness (QED) is 0.399. The van der Waals surface area contributed by atoms with Gasteiger partial charge < -0.3 is 14.5 Å². The molecule has 1 amide bonds. The van der Waals surface area contributed by atoms with E-state index in [1.807, 2.05) is 26.0 Å². The van der Waals surface area contributed by atoms with Gasteiger partial charge in [0.05, 0.1) is 10.7 Å². The predicted octanol–water partition coefficient (Wildman–Crippen LogP) is 5.92. The van der Waals surface area contributed by atoms with Crippen LogP contribution in [0, 0.1) is 13.8 Å². The van der Waals surface area contributed by atoms with Crippen LogP contribution in [0.25, 0.3) is 0 Å². The number of halogens is 2. The average molecular weight is 464 g/mol. The second kappa shape index (κ2) is 10.2. The maximum absolute atomic E-state index is 12.3. The standard InChI is InChI=1S/C23H27Cl2N3O3/c1-14(2)18-11-19(24)15(3)10-22(18)30-13-17-6-7-21(31-17)23(29)26-8-5-9-28-12-20(25)16(4)27-28/h6-7,10-12,14H,5,8-9,13H2,1-4H3,(H,26,29). The zero-order chi connectivity index (χ0) is 22.5. The molecule has 1 aromatic carbocycles. The van der Waals surface area contributed by atoms with E-state index >= 15 is 0 Å². The number of rotatable bonds is 9. The van der Waals surface area contributed by atoms with Gasteiger partial charge in [-0.3, -0.25) is 9.48 Å². The zero-order valence-electron chi connectivity index (χ0n) is 18.2. The smallest absolute Gasteiger partial charge is 0.286 e. The minimum Gasteiger partial charge on any atom is -0.485 e. The Labute approximate surface area is 192 Å². The van der Waals surface area contributed by atoms with E-state index in [0.717, 1.165) is 34.0 Å². The van der Waals surface area contributed by atoms with Crippen molar-refractivity contribution < 1.29 is 13.9 Å². The average Bonchev–Trinajstić information content (AvgIpc) is 3.32. The summed E-state index contributed by atoms with van der Waals surface area (Å²) in [6.45, 7) is 9.38. The van der Waals surface area contributed by atoms with Gasteiger partial charge in [-0.2, -0.15) is 5.10 Å². The number of nitrogens with one attached hydrogen (secondary N) is 1. The van der Waals surface area contributed by atoms with Gasteiger partial charge in [-0.05, 0) is 61.6 Å². The molecule has 0 bridgehead atoms. The number of nitrogens with zero attached hydrogens (tertiary/aromatic N) is 2. The Balaban J connectivity index is 1.51. The Morgan fingerprint density at radius 3 is 2.68 bits per heavy atom. The molecule has 2 heterocycles. The zero-order valence-corrected chi connectivity index (χ0v) is 19.7. The summed E-state index contributed by atoms with van der Waals surface area (Å²) in [6.07, 6.45) is 2.51. The molecule has 0 saturated carbocycles. The van der Waals surface area contributed by atoms with Crippen molar-refractivity contribution in [2.24, 2.45) is 0 Å². The van der Waals surface area contributed by atoms with Crippen LogP contribution < -0.4 is 10.1 Å². The molecule has 3 aromatic rings. The number of furan rings is 1. The number of aromatic nitrogens is 2. The van der Waals surface area contributed by atoms with Crippen LogP contribution >= 0.6 is 23.2 Å². The van der Waals surface area contributed by atoms with Crippen LogP contribution in [0.15, 0.2) is 34.9 Å². The minimum atomic E-state index is -0.258. The van der Waals surface area contributed by atoms with Gasteiger partial charge in [0.2, 0.25) is 0 Å². The molecule has 0 aliphatic rings. The Kier molecular flexibility index (Phi) is 7.68. The molecule has 0 spiro atoms. The second-order valence-electron chi connectivity index (χ2n) is 7.78. The van der Waals surface area contributed by atoms with Gasteiger partial charge >= 0.3 is 0 Å². The van der Waals surface area contributed by atoms with Crippen LogP contribution in [-0.2, 0) is 13.2 Å². The fourth-order valence-electron chi connectivity index (χ4n) is 3.11. The monoisotopic (exact) mass is 463 g/mol. The van der Waals surface area contributed by atoms with E-state index in [2.05, 4.69) is 24.3 Å². The van der Waals surface area contributed by atoms with Crippen LogP contribution in [0.1, 0.15) is 59.3 Å². The normalized spacial score (nSPS) is 11.2. The lowest BCUT2D eigenvalue weighted by molar-refractivity contribution is 0.0920. The molecular weight excluding hydrogens is 437 g/mol. The molecular formula is C23H27Cl2N3O3. The number of ether oxygens (including phenoxy) is 1. The fourth-order valence-corrected chi connectivity index (χ4v) is 3.43. The number of benzene rings is 1. The highest BCUT2D eigenvalue weighted by molar-refractivity contribution is 6.31. The van der Waals surface area contributed by atoms with E-state index in [4.69, 9.17) is 32.4 Å². The van der Waals surface area contributed by atoms with Crippen molar-refractivity contribution >= 4 is 29.1 Å². The molecule has 8 heteroatoms. The van der Waals surface area contributed by atoms with Crippen molar-refractivity contribution in [1.82, 2.24) is 15.1 Å². The molecule has 6 nitrogen and oxygen atoms in total. The van der Waals surface area contributed by atoms with E-state index in [0.29, 0.717) is 23.9 Å². The molecule has 0 fully saturated rings. The van der Waals surface area contributed by atoms with E-state index in [-0.39, 0.29) is 24.2 Å². The lowest BCUT2D eigenvalue weighted by Gasteiger charge is -2.15. The summed E-state index contributed by atoms with van der Waals surface area (Å²) in [5.74, 6) is 1.62. The maximum atomic E-state index is 12.3. The maximum Gasteiger partial charge on any atom is 0.286 e. The summed E-state index contributed by atoms with van der Waals surface area (Å²) in [6, 6.07) is 7.28. The highest BCUT2D eigenvalue weighted by Crippen LogP contribution is 2.32. The van der Waals surface area contributed by atoms with Crippen LogP contribution in [0.3, 0.4) is 0 Å². The molecule has 2 aromatic heterocycles. The second-order valence-corrected chi connectivity index (χ2v) is 8.60. The third-order valence-corrected chi connectivity index (χ3v) is 5.68. The molecule has 0 aliphatic carbocycles. The molecule has 0 saturated heterocycles. The van der Waals surface area contributed by atoms with Crippen LogP contribution in [0.5, 0.6) is 5.75 Å². The van der Waals surface area contributed by atoms with Gasteiger partial charge in [0.25, 0.3) is 5.91 Å². The van der Waals surface area contributed by atoms with Crippen LogP contribution in [-0.4, -0.2) is 22.2 Å². The SMILES string of the molecule is Cc1cc(OCc2ccc(C(=O)NCCCn3cc(Cl)c(C)n3)o2)c(C(C)C)cc1Cl. The van der Waals surface area contributed by atoms with Crippen molar-refractivity contribution in [2.45, 2.75) is 53.2 Å². The molecule has 1 N–H and O–H groups in total. The van der Waals surface area contributed by atoms with E-state index in [1.165, 1.54) is 0 Å². The van der Waals surface area contributed by atoms with Gasteiger partial charge in [0.15, 0.2) is 5.76 Å². The Hall–Kier alpha value is -2.44. The van der Waals surface area contributed by atoms with Crippen LogP contribution in [0.4, 0.5) is 0 Å². The minimum absolute atomic E-state index is 0.230. The molecule has 0 atom stereocenters. The fraction of sp³-hybridized carbons (Fsp3) is 0.391. The first-order valence-electron chi connectivity index (χ1n) is 10.2. The first-order valence-corrected chi connectivity index (χ1v) is 11.0. The van der Waals surface area contributed by atoms with E-state index in [1.54, 1.807) is 23.0 Å². The number of aryl methyl sites for hydroxylation is 3. The largest absolute Gasteiger partial charge is 0.485 e. The van der Waals surface area contributed by atoms with Crippen molar-refractivity contribution in [3.63, 3.8) is 0 Å². The molecule has 0 radical (unpaired) electrons. The van der Waals surface area contributed by atoms with Crippen molar-refractivity contribution in [3.8, 4) is 5.75 Å². The molecule has 166 valence electrons. The topological polar surface area (TPSA) is 69.3 Å². The summed E-state index contributed by atoms with van der Waals surface area (Å²) in [5, 5.41) is 8.51. The van der Waals surface area contributed by atoms with E-state index in [9.17, 15) is 4.79 Å². The summed E-state index contributed by atoms with van der Waals surface area (Å²) in [4.78, 5) is 12.3. The van der Waals surface area contributed by atoms with Crippen molar-refractivity contribution in [1.29, 1.82) is 0 Å². The molecule has 0 aliphatic heterocycles. The number of amides is 1. The van der Waals surface area contributed by atoms with Gasteiger partial charge in [0, 0.05) is 24.3 Å². The number of hydrogen-bond acceptors (Lipinski definition) is 4. The van der Waals surface area contributed by atoms with Gasteiger partial charge in [-0.15, -0.1) is 0 Å². The number of carbonyl (C=O) groups is 1. The third-order valence-electron chi connectivity index (χ3n) is 4.90. The summed E-state index contributed by atoms with van der Waals surface area (Å²) in [5.41, 5.74) is 2.78. The summed E-state index contributed by atoms with van der Waals surface area (Å²) >= 11 is 12.2. The van der Waals surface area contributed by atoms with Gasteiger partial charge in [-0.25, -0.2) is 0 Å². The highest BCUT2D eigenvalue weighted by Gasteiger charge is 2.14. The van der Waals surface area contributed by atoms with Crippen LogP contribution in [0.2, 0.25) is 10.0 Å². The highest BCUT2D eigenvalue weighted by atomic mass is 35.5. The van der Waals surface area contributed by atoms with Gasteiger partial charge in [0.1, 0.15) is 18.1 Å². The molecule has 3 rings (SSSR count). The van der Waals surface area contributed by atoms with Gasteiger partial charge in [-0.1, -0.05) is 37.0 Å². The summed E-state index contributed by atoms with van der Waals surface area (Å²) in [7, 11) is 0. The summed E-state index contributed by atoms with van der Waals surface area (Å²) < 4.78 is 13.4. The van der Waals surface area contributed by atoms with Crippen molar-refractivity contribution in [2.75, 3.05) is 6.54 Å². The lowest BCUT2D eigenvalue weighted by Crippen LogP contribution is -2.24. The Morgan fingerprint density at radius 2 is 2.00 bits per heavy atom. The molecule has 31 heavy (non-hydrogen) atoms. The Morgan fingerprint density at radius 1 is 1.23 bits per heavy atom. The number of carbonyl (C=O) groups excluding carboxylic acids is 1. The molecule has 0 unspecified atom stereocenters. The first kappa shape index (κ1) is 23.2. The van der Waals surface area contributed by atoms with E-state index < -0.39 is 0 Å².